The van der Waals surface area contributed by atoms with Gasteiger partial charge in [-0.3, -0.25) is 14.4 Å². The maximum absolute atomic E-state index is 14.3. The number of benzene rings is 1. The number of rotatable bonds is 7. The molecule has 1 aliphatic carbocycles. The summed E-state index contributed by atoms with van der Waals surface area (Å²) in [4.78, 5) is 43.1. The molecule has 0 radical (unpaired) electrons. The SMILES string of the molecule is CCOC(=O)[C@@H]1[C@H]2C(=O)N([C@H](CO)c3ccccc3)C(C(=O)NC3CCCCC3)C23CC(C)[C@@]1(C)O3. The van der Waals surface area contributed by atoms with Crippen molar-refractivity contribution in [3.05, 3.63) is 35.9 Å². The van der Waals surface area contributed by atoms with E-state index < -0.39 is 41.1 Å². The lowest BCUT2D eigenvalue weighted by Crippen LogP contribution is -2.58. The van der Waals surface area contributed by atoms with Crippen LogP contribution in [0.15, 0.2) is 30.3 Å². The average molecular weight is 499 g/mol. The lowest BCUT2D eigenvalue weighted by Gasteiger charge is -2.38. The molecule has 1 aromatic carbocycles. The van der Waals surface area contributed by atoms with Crippen LogP contribution in [0.2, 0.25) is 0 Å². The maximum atomic E-state index is 14.3. The van der Waals surface area contributed by atoms with Crippen LogP contribution in [0.5, 0.6) is 0 Å². The smallest absolute Gasteiger partial charge is 0.312 e. The van der Waals surface area contributed by atoms with E-state index in [0.717, 1.165) is 37.7 Å². The highest BCUT2D eigenvalue weighted by atomic mass is 16.6. The van der Waals surface area contributed by atoms with Crippen molar-refractivity contribution < 1.29 is 29.0 Å². The molecular formula is C28H38N2O6. The molecule has 3 saturated heterocycles. The van der Waals surface area contributed by atoms with Gasteiger partial charge in [-0.05, 0) is 44.6 Å². The van der Waals surface area contributed by atoms with E-state index >= 15 is 0 Å². The summed E-state index contributed by atoms with van der Waals surface area (Å²) in [6.45, 7) is 5.49. The summed E-state index contributed by atoms with van der Waals surface area (Å²) in [6, 6.07) is 7.64. The minimum Gasteiger partial charge on any atom is -0.466 e. The third-order valence-electron chi connectivity index (χ3n) is 9.19. The molecule has 4 aliphatic rings. The Morgan fingerprint density at radius 1 is 1.22 bits per heavy atom. The first-order valence-corrected chi connectivity index (χ1v) is 13.4. The zero-order chi connectivity index (χ0) is 25.7. The summed E-state index contributed by atoms with van der Waals surface area (Å²) in [5.74, 6) is -2.73. The Morgan fingerprint density at radius 3 is 2.56 bits per heavy atom. The number of ether oxygens (including phenoxy) is 2. The van der Waals surface area contributed by atoms with Gasteiger partial charge in [-0.25, -0.2) is 0 Å². The number of aliphatic hydroxyl groups is 1. The Morgan fingerprint density at radius 2 is 1.92 bits per heavy atom. The minimum atomic E-state index is -1.15. The molecule has 7 atom stereocenters. The minimum absolute atomic E-state index is 0.0508. The van der Waals surface area contributed by atoms with E-state index in [0.29, 0.717) is 6.42 Å². The van der Waals surface area contributed by atoms with Gasteiger partial charge in [0.05, 0.1) is 30.8 Å². The Labute approximate surface area is 212 Å². The molecular weight excluding hydrogens is 460 g/mol. The standard InChI is InChI=1S/C28H38N2O6/c1-4-35-26(34)22-21-25(33)30(20(16-31)18-11-7-5-8-12-18)23(24(32)29-19-13-9-6-10-14-19)28(21)15-17(2)27(22,3)36-28/h5,7-8,11-12,17,19-23,31H,4,6,9-10,13-16H2,1-3H3,(H,29,32)/t17?,20-,21+,22+,23?,27-,28?/m1/s1. The number of nitrogens with one attached hydrogen (secondary N) is 1. The monoisotopic (exact) mass is 498 g/mol. The van der Waals surface area contributed by atoms with Crippen LogP contribution in [0.1, 0.15) is 70.9 Å². The summed E-state index contributed by atoms with van der Waals surface area (Å²) >= 11 is 0. The summed E-state index contributed by atoms with van der Waals surface area (Å²) in [6.07, 6.45) is 5.59. The molecule has 5 rings (SSSR count). The molecule has 8 heteroatoms. The fraction of sp³-hybridized carbons (Fsp3) is 0.679. The molecule has 1 saturated carbocycles. The maximum Gasteiger partial charge on any atom is 0.312 e. The van der Waals surface area contributed by atoms with Crippen LogP contribution in [0, 0.1) is 17.8 Å². The topological polar surface area (TPSA) is 105 Å². The van der Waals surface area contributed by atoms with E-state index in [1.807, 2.05) is 44.2 Å². The van der Waals surface area contributed by atoms with Crippen LogP contribution in [-0.4, -0.2) is 64.3 Å². The molecule has 3 aliphatic heterocycles. The number of hydrogen-bond donors (Lipinski definition) is 2. The van der Waals surface area contributed by atoms with Gasteiger partial charge in [-0.2, -0.15) is 0 Å². The van der Waals surface area contributed by atoms with Crippen LogP contribution >= 0.6 is 0 Å². The molecule has 8 nitrogen and oxygen atoms in total. The molecule has 1 aromatic rings. The van der Waals surface area contributed by atoms with Crippen molar-refractivity contribution >= 4 is 17.8 Å². The van der Waals surface area contributed by atoms with Gasteiger partial charge in [-0.15, -0.1) is 0 Å². The number of esters is 1. The molecule has 2 N–H and O–H groups in total. The van der Waals surface area contributed by atoms with E-state index in [9.17, 15) is 19.5 Å². The average Bonchev–Trinajstić information content (AvgIpc) is 3.38. The zero-order valence-corrected chi connectivity index (χ0v) is 21.4. The van der Waals surface area contributed by atoms with Crippen LogP contribution in [0.3, 0.4) is 0 Å². The lowest BCUT2D eigenvalue weighted by molar-refractivity contribution is -0.162. The van der Waals surface area contributed by atoms with E-state index in [-0.39, 0.29) is 37.0 Å². The van der Waals surface area contributed by atoms with E-state index in [1.54, 1.807) is 6.92 Å². The van der Waals surface area contributed by atoms with Crippen molar-refractivity contribution in [2.75, 3.05) is 13.2 Å². The number of amides is 2. The van der Waals surface area contributed by atoms with Gasteiger partial charge in [0.2, 0.25) is 11.8 Å². The second-order valence-electron chi connectivity index (χ2n) is 11.2. The molecule has 4 fully saturated rings. The van der Waals surface area contributed by atoms with Gasteiger partial charge >= 0.3 is 5.97 Å². The highest BCUT2D eigenvalue weighted by Gasteiger charge is 2.80. The largest absolute Gasteiger partial charge is 0.466 e. The van der Waals surface area contributed by atoms with Crippen molar-refractivity contribution in [1.29, 1.82) is 0 Å². The Hall–Kier alpha value is -2.45. The zero-order valence-electron chi connectivity index (χ0n) is 21.4. The summed E-state index contributed by atoms with van der Waals surface area (Å²) in [5.41, 5.74) is -1.31. The number of nitrogens with zero attached hydrogens (tertiary/aromatic N) is 1. The van der Waals surface area contributed by atoms with E-state index in [2.05, 4.69) is 5.32 Å². The number of likely N-dealkylation sites (tertiary alicyclic amines) is 1. The summed E-state index contributed by atoms with van der Waals surface area (Å²) in [7, 11) is 0. The number of aliphatic hydroxyl groups excluding tert-OH is 1. The number of carbonyl (C=O) groups is 3. The first-order valence-electron chi connectivity index (χ1n) is 13.4. The van der Waals surface area contributed by atoms with Crippen molar-refractivity contribution in [3.63, 3.8) is 0 Å². The molecule has 3 heterocycles. The van der Waals surface area contributed by atoms with E-state index in [4.69, 9.17) is 9.47 Å². The normalized spacial score (nSPS) is 36.6. The van der Waals surface area contributed by atoms with Crippen LogP contribution in [-0.2, 0) is 23.9 Å². The summed E-state index contributed by atoms with van der Waals surface area (Å²) in [5, 5.41) is 13.7. The second kappa shape index (κ2) is 9.45. The van der Waals surface area contributed by atoms with Crippen LogP contribution < -0.4 is 5.32 Å². The first-order chi connectivity index (χ1) is 17.3. The number of fused-ring (bicyclic) bond motifs is 1. The molecule has 3 unspecified atom stereocenters. The Bertz CT molecular complexity index is 1010. The molecule has 36 heavy (non-hydrogen) atoms. The highest BCUT2D eigenvalue weighted by Crippen LogP contribution is 2.66. The molecule has 196 valence electrons. The van der Waals surface area contributed by atoms with Gasteiger partial charge in [-0.1, -0.05) is 56.5 Å². The molecule has 1 spiro atoms. The van der Waals surface area contributed by atoms with Crippen molar-refractivity contribution in [3.8, 4) is 0 Å². The first kappa shape index (κ1) is 25.2. The predicted molar refractivity (Wildman–Crippen MR) is 132 cm³/mol. The van der Waals surface area contributed by atoms with Gasteiger partial charge in [0, 0.05) is 6.04 Å². The third-order valence-corrected chi connectivity index (χ3v) is 9.19. The van der Waals surface area contributed by atoms with E-state index in [1.165, 1.54) is 4.90 Å². The Kier molecular flexibility index (Phi) is 6.62. The van der Waals surface area contributed by atoms with Gasteiger partial charge in [0.15, 0.2) is 0 Å². The Balaban J connectivity index is 1.60. The molecule has 0 aromatic heterocycles. The van der Waals surface area contributed by atoms with Crippen molar-refractivity contribution in [1.82, 2.24) is 10.2 Å². The van der Waals surface area contributed by atoms with Crippen molar-refractivity contribution in [2.45, 2.75) is 88.6 Å². The lowest BCUT2D eigenvalue weighted by atomic mass is 9.62. The van der Waals surface area contributed by atoms with Crippen LogP contribution in [0.4, 0.5) is 0 Å². The predicted octanol–water partition coefficient (Wildman–Crippen LogP) is 2.74. The third kappa shape index (κ3) is 3.67. The highest BCUT2D eigenvalue weighted by molar-refractivity contribution is 5.99. The quantitative estimate of drug-likeness (QED) is 0.560. The summed E-state index contributed by atoms with van der Waals surface area (Å²) < 4.78 is 12.1. The second-order valence-corrected chi connectivity index (χ2v) is 11.2. The van der Waals surface area contributed by atoms with Gasteiger partial charge in [0.25, 0.3) is 0 Å². The van der Waals surface area contributed by atoms with Crippen molar-refractivity contribution in [2.24, 2.45) is 17.8 Å². The van der Waals surface area contributed by atoms with Gasteiger partial charge < -0.3 is 24.8 Å². The van der Waals surface area contributed by atoms with Gasteiger partial charge in [0.1, 0.15) is 17.6 Å². The van der Waals surface area contributed by atoms with Crippen LogP contribution in [0.25, 0.3) is 0 Å². The number of hydrogen-bond acceptors (Lipinski definition) is 6. The molecule has 2 amide bonds. The number of carbonyl (C=O) groups excluding carboxylic acids is 3. The fourth-order valence-corrected chi connectivity index (χ4v) is 7.46. The fourth-order valence-electron chi connectivity index (χ4n) is 7.46. The molecule has 2 bridgehead atoms.